The van der Waals surface area contributed by atoms with Gasteiger partial charge in [-0.25, -0.2) is 0 Å². The highest BCUT2D eigenvalue weighted by atomic mass is 32.2. The van der Waals surface area contributed by atoms with Gasteiger partial charge in [0.15, 0.2) is 0 Å². The van der Waals surface area contributed by atoms with E-state index in [2.05, 4.69) is 16.8 Å². The van der Waals surface area contributed by atoms with E-state index in [9.17, 15) is 0 Å². The maximum absolute atomic E-state index is 6.42. The summed E-state index contributed by atoms with van der Waals surface area (Å²) >= 11 is 7.08. The monoisotopic (exact) mass is 231 g/mol. The predicted molar refractivity (Wildman–Crippen MR) is 65.4 cm³/mol. The molecule has 0 unspecified atom stereocenters. The van der Waals surface area contributed by atoms with Crippen LogP contribution in [0.1, 0.15) is 12.8 Å². The smallest absolute Gasteiger partial charge is 0.137 e. The van der Waals surface area contributed by atoms with Crippen molar-refractivity contribution in [3.63, 3.8) is 0 Å². The van der Waals surface area contributed by atoms with Crippen molar-refractivity contribution in [2.45, 2.75) is 18.5 Å². The third-order valence-corrected chi connectivity index (χ3v) is 4.58. The molecule has 0 radical (unpaired) electrons. The molecule has 3 nitrogen and oxygen atoms in total. The van der Waals surface area contributed by atoms with Gasteiger partial charge in [-0.3, -0.25) is 0 Å². The van der Waals surface area contributed by atoms with Gasteiger partial charge in [-0.15, -0.1) is 0 Å². The minimum Gasteiger partial charge on any atom is -0.339 e. The molecular formula is C9H17N3S2. The number of piperidine rings is 1. The van der Waals surface area contributed by atoms with Gasteiger partial charge in [-0.1, -0.05) is 24.0 Å². The quantitative estimate of drug-likeness (QED) is 0.672. The number of nitrogens with two attached hydrogens (primary N) is 1. The molecule has 80 valence electrons. The van der Waals surface area contributed by atoms with E-state index in [-0.39, 0.29) is 5.66 Å². The summed E-state index contributed by atoms with van der Waals surface area (Å²) in [6.07, 6.45) is 2.06. The van der Waals surface area contributed by atoms with Crippen molar-refractivity contribution in [3.8, 4) is 0 Å². The minimum atomic E-state index is -0.160. The molecule has 0 aromatic heterocycles. The van der Waals surface area contributed by atoms with Gasteiger partial charge in [0, 0.05) is 25.4 Å². The number of thiocarbonyl (C=S) groups is 1. The van der Waals surface area contributed by atoms with Crippen LogP contribution in [0.4, 0.5) is 0 Å². The molecule has 2 aliphatic rings. The van der Waals surface area contributed by atoms with E-state index >= 15 is 0 Å². The Kier molecular flexibility index (Phi) is 3.02. The van der Waals surface area contributed by atoms with Crippen LogP contribution in [0.2, 0.25) is 0 Å². The Balaban J connectivity index is 2.04. The molecule has 0 amide bonds. The van der Waals surface area contributed by atoms with Crippen molar-refractivity contribution in [3.05, 3.63) is 0 Å². The normalized spacial score (nSPS) is 28.4. The van der Waals surface area contributed by atoms with Gasteiger partial charge in [-0.2, -0.15) is 0 Å². The van der Waals surface area contributed by atoms with E-state index in [0.717, 1.165) is 42.5 Å². The van der Waals surface area contributed by atoms with E-state index in [1.165, 1.54) is 0 Å². The lowest BCUT2D eigenvalue weighted by Crippen LogP contribution is -2.60. The number of likely N-dealkylation sites (tertiary alicyclic amines) is 1. The lowest BCUT2D eigenvalue weighted by Gasteiger charge is -2.44. The zero-order chi connectivity index (χ0) is 10.2. The van der Waals surface area contributed by atoms with Gasteiger partial charge in [0.05, 0.1) is 5.66 Å². The number of hydrogen-bond acceptors (Lipinski definition) is 4. The van der Waals surface area contributed by atoms with Crippen LogP contribution in [0.15, 0.2) is 0 Å². The van der Waals surface area contributed by atoms with Gasteiger partial charge < -0.3 is 15.5 Å². The average molecular weight is 231 g/mol. The molecule has 2 heterocycles. The Labute approximate surface area is 95.0 Å². The van der Waals surface area contributed by atoms with Crippen LogP contribution < -0.4 is 5.73 Å². The maximum atomic E-state index is 6.42. The van der Waals surface area contributed by atoms with Crippen LogP contribution in [0.25, 0.3) is 0 Å². The summed E-state index contributed by atoms with van der Waals surface area (Å²) in [5.74, 6) is 1.10. The topological polar surface area (TPSA) is 32.5 Å². The standard InChI is InChI=1S/C9H17N3S2/c1-11-4-2-9(10,3-5-11)12-6-7-14-8(12)13/h2-7,10H2,1H3. The van der Waals surface area contributed by atoms with Crippen molar-refractivity contribution in [1.82, 2.24) is 9.80 Å². The largest absolute Gasteiger partial charge is 0.339 e. The van der Waals surface area contributed by atoms with Crippen LogP contribution in [-0.2, 0) is 0 Å². The fourth-order valence-corrected chi connectivity index (χ4v) is 3.47. The molecule has 2 fully saturated rings. The van der Waals surface area contributed by atoms with Gasteiger partial charge in [0.25, 0.3) is 0 Å². The molecule has 5 heteroatoms. The number of nitrogens with zero attached hydrogens (tertiary/aromatic N) is 2. The van der Waals surface area contributed by atoms with E-state index in [1.807, 2.05) is 0 Å². The molecule has 0 saturated carbocycles. The van der Waals surface area contributed by atoms with Crippen molar-refractivity contribution >= 4 is 28.3 Å². The maximum Gasteiger partial charge on any atom is 0.137 e. The first-order chi connectivity index (χ1) is 6.62. The highest BCUT2D eigenvalue weighted by Crippen LogP contribution is 2.30. The van der Waals surface area contributed by atoms with Gasteiger partial charge in [-0.05, 0) is 19.9 Å². The summed E-state index contributed by atoms with van der Waals surface area (Å²) in [7, 11) is 2.15. The molecule has 2 N–H and O–H groups in total. The Morgan fingerprint density at radius 2 is 2.00 bits per heavy atom. The molecule has 2 saturated heterocycles. The molecule has 0 bridgehead atoms. The predicted octanol–water partition coefficient (Wildman–Crippen LogP) is 0.701. The van der Waals surface area contributed by atoms with Crippen molar-refractivity contribution in [2.24, 2.45) is 5.73 Å². The molecule has 2 rings (SSSR count). The summed E-state index contributed by atoms with van der Waals surface area (Å²) in [4.78, 5) is 4.57. The van der Waals surface area contributed by atoms with Crippen molar-refractivity contribution in [1.29, 1.82) is 0 Å². The van der Waals surface area contributed by atoms with Gasteiger partial charge >= 0.3 is 0 Å². The third-order valence-electron chi connectivity index (χ3n) is 3.15. The molecule has 0 spiro atoms. The fraction of sp³-hybridized carbons (Fsp3) is 0.889. The van der Waals surface area contributed by atoms with Crippen molar-refractivity contribution < 1.29 is 0 Å². The Bertz CT molecular complexity index is 236. The second-order valence-electron chi connectivity index (χ2n) is 4.17. The van der Waals surface area contributed by atoms with E-state index < -0.39 is 0 Å². The molecule has 2 aliphatic heterocycles. The van der Waals surface area contributed by atoms with Crippen molar-refractivity contribution in [2.75, 3.05) is 32.4 Å². The summed E-state index contributed by atoms with van der Waals surface area (Å²) in [6.45, 7) is 3.20. The second kappa shape index (κ2) is 3.96. The Morgan fingerprint density at radius 3 is 2.50 bits per heavy atom. The van der Waals surface area contributed by atoms with Crippen LogP contribution >= 0.6 is 24.0 Å². The lowest BCUT2D eigenvalue weighted by molar-refractivity contribution is 0.0946. The summed E-state index contributed by atoms with van der Waals surface area (Å²) in [6, 6.07) is 0. The average Bonchev–Trinajstić information content (AvgIpc) is 2.58. The van der Waals surface area contributed by atoms with Crippen LogP contribution in [-0.4, -0.2) is 52.2 Å². The summed E-state index contributed by atoms with van der Waals surface area (Å²) in [5.41, 5.74) is 6.26. The molecule has 0 aromatic carbocycles. The second-order valence-corrected chi connectivity index (χ2v) is 5.90. The molecule has 14 heavy (non-hydrogen) atoms. The SMILES string of the molecule is CN1CCC(N)(N2CCSC2=S)CC1. The molecule has 0 aromatic rings. The summed E-state index contributed by atoms with van der Waals surface area (Å²) < 4.78 is 0.997. The zero-order valence-corrected chi connectivity index (χ0v) is 10.2. The molecule has 0 aliphatic carbocycles. The Morgan fingerprint density at radius 1 is 1.36 bits per heavy atom. The first-order valence-electron chi connectivity index (χ1n) is 5.04. The highest BCUT2D eigenvalue weighted by Gasteiger charge is 2.38. The zero-order valence-electron chi connectivity index (χ0n) is 8.53. The van der Waals surface area contributed by atoms with E-state index in [4.69, 9.17) is 18.0 Å². The molecular weight excluding hydrogens is 214 g/mol. The highest BCUT2D eigenvalue weighted by molar-refractivity contribution is 8.23. The summed E-state index contributed by atoms with van der Waals surface area (Å²) in [5, 5.41) is 0. The first-order valence-corrected chi connectivity index (χ1v) is 6.43. The van der Waals surface area contributed by atoms with Crippen LogP contribution in [0.3, 0.4) is 0 Å². The first kappa shape index (κ1) is 10.7. The number of rotatable bonds is 1. The third kappa shape index (κ3) is 1.91. The van der Waals surface area contributed by atoms with Crippen LogP contribution in [0.5, 0.6) is 0 Å². The van der Waals surface area contributed by atoms with Crippen LogP contribution in [0, 0.1) is 0 Å². The fourth-order valence-electron chi connectivity index (χ4n) is 2.07. The number of hydrogen-bond donors (Lipinski definition) is 1. The van der Waals surface area contributed by atoms with Gasteiger partial charge in [0.2, 0.25) is 0 Å². The lowest BCUT2D eigenvalue weighted by atomic mass is 9.96. The van der Waals surface area contributed by atoms with E-state index in [0.29, 0.717) is 0 Å². The Hall–Kier alpha value is 0.160. The van der Waals surface area contributed by atoms with Gasteiger partial charge in [0.1, 0.15) is 4.32 Å². The van der Waals surface area contributed by atoms with E-state index in [1.54, 1.807) is 11.8 Å². The number of thioether (sulfide) groups is 1. The molecule has 0 atom stereocenters. The minimum absolute atomic E-state index is 0.160.